The number of rotatable bonds is 7. The lowest BCUT2D eigenvalue weighted by Crippen LogP contribution is -2.33. The first-order valence-corrected chi connectivity index (χ1v) is 15.3. The second-order valence-corrected chi connectivity index (χ2v) is 12.5. The molecule has 4 heterocycles. The van der Waals surface area contributed by atoms with Crippen LogP contribution in [-0.4, -0.2) is 60.7 Å². The third-order valence-corrected chi connectivity index (χ3v) is 9.42. The molecule has 6 rings (SSSR count). The summed E-state index contributed by atoms with van der Waals surface area (Å²) in [4.78, 5) is 25.8. The van der Waals surface area contributed by atoms with Gasteiger partial charge in [0.2, 0.25) is 0 Å². The molecule has 4 aromatic rings. The zero-order chi connectivity index (χ0) is 28.4. The molecule has 210 valence electrons. The van der Waals surface area contributed by atoms with E-state index < -0.39 is 15.2 Å². The van der Waals surface area contributed by atoms with Crippen LogP contribution < -0.4 is 5.32 Å². The van der Waals surface area contributed by atoms with Gasteiger partial charge >= 0.3 is 0 Å². The number of hydrogen-bond acceptors (Lipinski definition) is 7. The van der Waals surface area contributed by atoms with Crippen LogP contribution in [-0.2, 0) is 20.4 Å². The Morgan fingerprint density at radius 1 is 1.00 bits per heavy atom. The Labute approximate surface area is 239 Å². The van der Waals surface area contributed by atoms with Gasteiger partial charge in [-0.2, -0.15) is 0 Å². The molecule has 1 atom stereocenters. The van der Waals surface area contributed by atoms with Crippen LogP contribution in [0.2, 0.25) is 0 Å². The predicted molar refractivity (Wildman–Crippen MR) is 158 cm³/mol. The van der Waals surface area contributed by atoms with E-state index in [9.17, 15) is 13.2 Å². The van der Waals surface area contributed by atoms with E-state index in [1.807, 2.05) is 48.5 Å². The molecule has 2 aromatic carbocycles. The molecular formula is C31H31N5O4S. The predicted octanol–water partition coefficient (Wildman–Crippen LogP) is 4.47. The van der Waals surface area contributed by atoms with Crippen molar-refractivity contribution in [2.45, 2.75) is 30.1 Å². The molecule has 9 nitrogen and oxygen atoms in total. The molecule has 0 saturated carbocycles. The van der Waals surface area contributed by atoms with Gasteiger partial charge in [-0.3, -0.25) is 9.78 Å². The summed E-state index contributed by atoms with van der Waals surface area (Å²) in [7, 11) is -1.44. The number of nitrogens with zero attached hydrogens (tertiary/aromatic N) is 4. The largest absolute Gasteiger partial charge is 0.392 e. The number of sulfone groups is 1. The Morgan fingerprint density at radius 2 is 1.78 bits per heavy atom. The average molecular weight is 570 g/mol. The molecule has 0 aliphatic carbocycles. The molecular weight excluding hydrogens is 538 g/mol. The summed E-state index contributed by atoms with van der Waals surface area (Å²) in [6.07, 6.45) is 6.68. The number of hydrogen-bond donors (Lipinski definition) is 1. The summed E-state index contributed by atoms with van der Waals surface area (Å²) in [5, 5.41) is 6.65. The number of pyridine rings is 1. The van der Waals surface area contributed by atoms with Gasteiger partial charge in [-0.05, 0) is 44.2 Å². The first kappa shape index (κ1) is 26.9. The average Bonchev–Trinajstić information content (AvgIpc) is 3.49. The molecule has 2 aliphatic heterocycles. The fourth-order valence-electron chi connectivity index (χ4n) is 5.42. The number of carbonyl (C=O) groups excluding carboxylic acids is 1. The Balaban J connectivity index is 1.25. The number of oxime groups is 1. The highest BCUT2D eigenvalue weighted by Gasteiger charge is 2.40. The molecule has 0 radical (unpaired) electrons. The Hall–Kier alpha value is -4.28. The lowest BCUT2D eigenvalue weighted by Gasteiger charge is -2.27. The molecule has 0 bridgehead atoms. The monoisotopic (exact) mass is 569 g/mol. The SMILES string of the molecule is CN1CCC(ON=C(c2ccccc2)c2cccc(NC(=O)c3ccn4c3CS(=O)(=O)C4c3cccnc3)c2)CC1. The van der Waals surface area contributed by atoms with Crippen molar-refractivity contribution < 1.29 is 18.0 Å². The van der Waals surface area contributed by atoms with Crippen molar-refractivity contribution >= 4 is 27.1 Å². The summed E-state index contributed by atoms with van der Waals surface area (Å²) < 4.78 is 27.8. The van der Waals surface area contributed by atoms with E-state index in [2.05, 4.69) is 27.4 Å². The molecule has 1 unspecified atom stereocenters. The van der Waals surface area contributed by atoms with Crippen molar-refractivity contribution in [3.63, 3.8) is 0 Å². The summed E-state index contributed by atoms with van der Waals surface area (Å²) in [6.45, 7) is 1.94. The fraction of sp³-hybridized carbons (Fsp3) is 0.258. The number of anilines is 1. The van der Waals surface area contributed by atoms with Crippen molar-refractivity contribution in [1.29, 1.82) is 0 Å². The highest BCUT2D eigenvalue weighted by atomic mass is 32.2. The zero-order valence-corrected chi connectivity index (χ0v) is 23.5. The highest BCUT2D eigenvalue weighted by Crippen LogP contribution is 2.37. The number of piperidine rings is 1. The third kappa shape index (κ3) is 5.66. The van der Waals surface area contributed by atoms with Crippen molar-refractivity contribution in [2.75, 3.05) is 25.5 Å². The van der Waals surface area contributed by atoms with Crippen LogP contribution in [0, 0.1) is 0 Å². The fourth-order valence-corrected chi connectivity index (χ4v) is 7.36. The third-order valence-electron chi connectivity index (χ3n) is 7.57. The van der Waals surface area contributed by atoms with Crippen LogP contribution in [0.15, 0.2) is 96.5 Å². The first-order chi connectivity index (χ1) is 19.9. The van der Waals surface area contributed by atoms with Gasteiger partial charge in [0.1, 0.15) is 11.8 Å². The number of carbonyl (C=O) groups is 1. The van der Waals surface area contributed by atoms with Gasteiger partial charge in [0.25, 0.3) is 5.91 Å². The van der Waals surface area contributed by atoms with Crippen molar-refractivity contribution in [3.8, 4) is 0 Å². The summed E-state index contributed by atoms with van der Waals surface area (Å²) >= 11 is 0. The molecule has 0 spiro atoms. The van der Waals surface area contributed by atoms with Gasteiger partial charge in [0, 0.05) is 59.8 Å². The van der Waals surface area contributed by atoms with E-state index in [-0.39, 0.29) is 17.8 Å². The lowest BCUT2D eigenvalue weighted by atomic mass is 10.0. The van der Waals surface area contributed by atoms with E-state index in [0.717, 1.165) is 37.1 Å². The second kappa shape index (κ2) is 11.3. The maximum Gasteiger partial charge on any atom is 0.257 e. The maximum atomic E-state index is 13.4. The quantitative estimate of drug-likeness (QED) is 0.260. The molecule has 2 aromatic heterocycles. The summed E-state index contributed by atoms with van der Waals surface area (Å²) in [5.74, 6) is -0.597. The number of aromatic nitrogens is 2. The van der Waals surface area contributed by atoms with E-state index in [1.54, 1.807) is 47.4 Å². The van der Waals surface area contributed by atoms with Gasteiger partial charge < -0.3 is 19.6 Å². The second-order valence-electron chi connectivity index (χ2n) is 10.5. The van der Waals surface area contributed by atoms with Crippen LogP contribution in [0.3, 0.4) is 0 Å². The molecule has 1 saturated heterocycles. The number of amides is 1. The van der Waals surface area contributed by atoms with Crippen LogP contribution in [0.25, 0.3) is 0 Å². The van der Waals surface area contributed by atoms with Gasteiger partial charge in [0.05, 0.1) is 11.3 Å². The minimum Gasteiger partial charge on any atom is -0.392 e. The van der Waals surface area contributed by atoms with Crippen molar-refractivity contribution in [3.05, 3.63) is 119 Å². The minimum absolute atomic E-state index is 0.0523. The minimum atomic E-state index is -3.54. The zero-order valence-electron chi connectivity index (χ0n) is 22.7. The standard InChI is InChI=1S/C31H31N5O4S/c1-35-16-12-26(13-17-35)40-34-29(22-7-3-2-4-8-22)23-9-5-11-25(19-23)33-30(37)27-14-18-36-28(27)21-41(38,39)31(36)24-10-6-15-32-20-24/h2-11,14-15,18-20,26,31H,12-13,16-17,21H2,1H3,(H,33,37). The van der Waals surface area contributed by atoms with Crippen LogP contribution in [0.5, 0.6) is 0 Å². The van der Waals surface area contributed by atoms with Crippen molar-refractivity contribution in [1.82, 2.24) is 14.5 Å². The Bertz CT molecular complexity index is 1680. The molecule has 10 heteroatoms. The summed E-state index contributed by atoms with van der Waals surface area (Å²) in [5.41, 5.74) is 4.30. The van der Waals surface area contributed by atoms with E-state index >= 15 is 0 Å². The molecule has 1 fully saturated rings. The van der Waals surface area contributed by atoms with Gasteiger partial charge in [0.15, 0.2) is 15.2 Å². The number of likely N-dealkylation sites (tertiary alicyclic amines) is 1. The van der Waals surface area contributed by atoms with Crippen molar-refractivity contribution in [2.24, 2.45) is 5.16 Å². The van der Waals surface area contributed by atoms with E-state index in [1.165, 1.54) is 0 Å². The highest BCUT2D eigenvalue weighted by molar-refractivity contribution is 7.91. The van der Waals surface area contributed by atoms with Crippen LogP contribution in [0.4, 0.5) is 5.69 Å². The van der Waals surface area contributed by atoms with E-state index in [0.29, 0.717) is 28.2 Å². The molecule has 1 N–H and O–H groups in total. The Kier molecular flexibility index (Phi) is 7.42. The topological polar surface area (TPSA) is 106 Å². The summed E-state index contributed by atoms with van der Waals surface area (Å²) in [6, 6.07) is 22.4. The number of nitrogens with one attached hydrogen (secondary N) is 1. The molecule has 1 amide bonds. The van der Waals surface area contributed by atoms with Gasteiger partial charge in [-0.25, -0.2) is 8.42 Å². The van der Waals surface area contributed by atoms with Gasteiger partial charge in [-0.15, -0.1) is 0 Å². The number of benzene rings is 2. The smallest absolute Gasteiger partial charge is 0.257 e. The maximum absolute atomic E-state index is 13.4. The van der Waals surface area contributed by atoms with Crippen LogP contribution >= 0.6 is 0 Å². The lowest BCUT2D eigenvalue weighted by molar-refractivity contribution is 0.0163. The van der Waals surface area contributed by atoms with E-state index in [4.69, 9.17) is 4.84 Å². The molecule has 41 heavy (non-hydrogen) atoms. The number of fused-ring (bicyclic) bond motifs is 1. The first-order valence-electron chi connectivity index (χ1n) is 13.6. The normalized spacial score (nSPS) is 19.0. The molecule has 2 aliphatic rings. The Morgan fingerprint density at radius 3 is 2.54 bits per heavy atom. The van der Waals surface area contributed by atoms with Crippen LogP contribution in [0.1, 0.15) is 51.0 Å². The van der Waals surface area contributed by atoms with Gasteiger partial charge in [-0.1, -0.05) is 53.7 Å².